The van der Waals surface area contributed by atoms with Gasteiger partial charge in [-0.25, -0.2) is 9.97 Å². The van der Waals surface area contributed by atoms with Gasteiger partial charge in [0.1, 0.15) is 5.82 Å². The number of nitrogens with zero attached hydrogens (tertiary/aromatic N) is 2. The monoisotopic (exact) mass is 559 g/mol. The number of fused-ring (bicyclic) bond motifs is 1. The highest BCUT2D eigenvalue weighted by atomic mass is 127. The van der Waals surface area contributed by atoms with Crippen LogP contribution in [0.25, 0.3) is 0 Å². The van der Waals surface area contributed by atoms with E-state index in [1.165, 1.54) is 28.2 Å². The minimum Gasteiger partial charge on any atom is -0.370 e. The van der Waals surface area contributed by atoms with Gasteiger partial charge in [-0.05, 0) is 83.0 Å². The molecule has 7 heteroatoms. The van der Waals surface area contributed by atoms with Gasteiger partial charge in [0.25, 0.3) is 0 Å². The largest absolute Gasteiger partial charge is 0.370 e. The number of rotatable bonds is 3. The van der Waals surface area contributed by atoms with Crippen LogP contribution < -0.4 is 5.32 Å². The summed E-state index contributed by atoms with van der Waals surface area (Å²) in [6.07, 6.45) is 7.20. The lowest BCUT2D eigenvalue weighted by molar-refractivity contribution is 0.563. The first-order valence-electron chi connectivity index (χ1n) is 7.35. The van der Waals surface area contributed by atoms with Crippen molar-refractivity contribution in [3.63, 3.8) is 0 Å². The number of aromatic nitrogens is 2. The fourth-order valence-corrected chi connectivity index (χ4v) is 3.71. The Hall–Kier alpha value is -0.220. The van der Waals surface area contributed by atoms with Crippen LogP contribution in [0.3, 0.4) is 0 Å². The van der Waals surface area contributed by atoms with Crippen molar-refractivity contribution < 1.29 is 4.39 Å². The number of alkyl halides is 1. The first-order chi connectivity index (χ1) is 11.1. The molecule has 0 saturated heterocycles. The molecule has 0 saturated carbocycles. The standard InChI is InChI=1S/C8H8ClFIN.C8H9IN2/c9-4-1-2-6-7(11)3-5-12-8(6)10;9-7-3-5-11-8-6(7)2-1-4-10-8/h3,5H,1-2,4H2;3,5H,1-2,4H2,(H,10,11). The van der Waals surface area contributed by atoms with E-state index >= 15 is 0 Å². The minimum atomic E-state index is -0.369. The Morgan fingerprint density at radius 2 is 1.91 bits per heavy atom. The molecule has 3 rings (SSSR count). The van der Waals surface area contributed by atoms with Gasteiger partial charge in [-0.1, -0.05) is 0 Å². The van der Waals surface area contributed by atoms with E-state index in [1.54, 1.807) is 6.07 Å². The van der Waals surface area contributed by atoms with E-state index in [2.05, 4.69) is 66.5 Å². The zero-order valence-corrected chi connectivity index (χ0v) is 17.5. The number of anilines is 1. The average Bonchev–Trinajstić information content (AvgIpc) is 2.56. The van der Waals surface area contributed by atoms with Gasteiger partial charge in [-0.2, -0.15) is 4.39 Å². The van der Waals surface area contributed by atoms with Crippen LogP contribution in [0.15, 0.2) is 24.5 Å². The second-order valence-electron chi connectivity index (χ2n) is 5.00. The first-order valence-corrected chi connectivity index (χ1v) is 10.0. The summed E-state index contributed by atoms with van der Waals surface area (Å²) in [5.74, 6) is 1.28. The van der Waals surface area contributed by atoms with Crippen LogP contribution in [0.1, 0.15) is 24.0 Å². The van der Waals surface area contributed by atoms with Crippen LogP contribution in [0.2, 0.25) is 0 Å². The summed E-state index contributed by atoms with van der Waals surface area (Å²) < 4.78 is 15.3. The zero-order chi connectivity index (χ0) is 16.7. The van der Waals surface area contributed by atoms with Crippen LogP contribution in [0.4, 0.5) is 10.2 Å². The summed E-state index contributed by atoms with van der Waals surface area (Å²) in [5.41, 5.74) is 2.07. The van der Waals surface area contributed by atoms with Gasteiger partial charge >= 0.3 is 0 Å². The maximum atomic E-state index is 13.0. The van der Waals surface area contributed by atoms with E-state index in [9.17, 15) is 4.39 Å². The lowest BCUT2D eigenvalue weighted by Crippen LogP contribution is -2.14. The highest BCUT2D eigenvalue weighted by molar-refractivity contribution is 14.1. The summed E-state index contributed by atoms with van der Waals surface area (Å²) in [5, 5.41) is 3.29. The summed E-state index contributed by atoms with van der Waals surface area (Å²) >= 11 is 9.98. The number of hydrogen-bond donors (Lipinski definition) is 1. The van der Waals surface area contributed by atoms with Crippen molar-refractivity contribution in [1.29, 1.82) is 0 Å². The number of nitrogens with one attached hydrogen (secondary N) is 1. The molecule has 0 atom stereocenters. The molecule has 124 valence electrons. The Morgan fingerprint density at radius 1 is 1.17 bits per heavy atom. The average molecular weight is 560 g/mol. The Balaban J connectivity index is 0.000000167. The zero-order valence-electron chi connectivity index (χ0n) is 12.5. The third-order valence-corrected chi connectivity index (χ3v) is 5.69. The van der Waals surface area contributed by atoms with Crippen molar-refractivity contribution >= 4 is 62.6 Å². The topological polar surface area (TPSA) is 37.8 Å². The molecule has 0 fully saturated rings. The molecule has 0 amide bonds. The van der Waals surface area contributed by atoms with Gasteiger partial charge in [0.05, 0.1) is 0 Å². The Labute approximate surface area is 168 Å². The van der Waals surface area contributed by atoms with Crippen molar-refractivity contribution in [2.75, 3.05) is 17.7 Å². The molecule has 0 spiro atoms. The van der Waals surface area contributed by atoms with Crippen molar-refractivity contribution in [2.45, 2.75) is 25.7 Å². The predicted octanol–water partition coefficient (Wildman–Crippen LogP) is 5.04. The van der Waals surface area contributed by atoms with Crippen molar-refractivity contribution in [3.05, 3.63) is 48.7 Å². The highest BCUT2D eigenvalue weighted by Gasteiger charge is 2.11. The lowest BCUT2D eigenvalue weighted by atomic mass is 10.1. The van der Waals surface area contributed by atoms with Gasteiger partial charge in [0.15, 0.2) is 0 Å². The van der Waals surface area contributed by atoms with Crippen molar-refractivity contribution in [3.8, 4) is 0 Å². The van der Waals surface area contributed by atoms with E-state index in [0.717, 1.165) is 22.4 Å². The fourth-order valence-electron chi connectivity index (χ4n) is 2.24. The molecule has 0 unspecified atom stereocenters. The van der Waals surface area contributed by atoms with E-state index in [1.807, 2.05) is 6.20 Å². The maximum Gasteiger partial charge on any atom is 0.217 e. The van der Waals surface area contributed by atoms with Gasteiger partial charge in [-0.15, -0.1) is 11.6 Å². The smallest absolute Gasteiger partial charge is 0.217 e. The Morgan fingerprint density at radius 3 is 2.61 bits per heavy atom. The highest BCUT2D eigenvalue weighted by Crippen LogP contribution is 2.23. The summed E-state index contributed by atoms with van der Waals surface area (Å²) in [4.78, 5) is 7.84. The minimum absolute atomic E-state index is 0.369. The molecule has 0 aliphatic carbocycles. The molecule has 1 aliphatic rings. The van der Waals surface area contributed by atoms with E-state index in [4.69, 9.17) is 11.6 Å². The maximum absolute atomic E-state index is 13.0. The third-order valence-electron chi connectivity index (χ3n) is 3.40. The second-order valence-corrected chi connectivity index (χ2v) is 7.71. The Bertz CT molecular complexity index is 635. The molecule has 0 radical (unpaired) electrons. The van der Waals surface area contributed by atoms with Crippen LogP contribution >= 0.6 is 56.8 Å². The fraction of sp³-hybridized carbons (Fsp3) is 0.375. The first kappa shape index (κ1) is 19.1. The number of pyridine rings is 2. The molecule has 23 heavy (non-hydrogen) atoms. The molecule has 2 aromatic heterocycles. The third kappa shape index (κ3) is 5.67. The van der Waals surface area contributed by atoms with Crippen LogP contribution in [-0.2, 0) is 12.8 Å². The van der Waals surface area contributed by atoms with Crippen LogP contribution in [0, 0.1) is 13.1 Å². The van der Waals surface area contributed by atoms with Crippen LogP contribution in [0.5, 0.6) is 0 Å². The second kappa shape index (κ2) is 9.93. The lowest BCUT2D eigenvalue weighted by Gasteiger charge is -2.17. The summed E-state index contributed by atoms with van der Waals surface area (Å²) in [7, 11) is 0. The molecule has 0 bridgehead atoms. The normalized spacial score (nSPS) is 12.7. The van der Waals surface area contributed by atoms with Crippen molar-refractivity contribution in [2.24, 2.45) is 0 Å². The molecule has 0 aromatic carbocycles. The summed E-state index contributed by atoms with van der Waals surface area (Å²) in [6, 6.07) is 3.86. The van der Waals surface area contributed by atoms with E-state index in [0.29, 0.717) is 17.9 Å². The molecule has 3 heterocycles. The predicted molar refractivity (Wildman–Crippen MR) is 110 cm³/mol. The van der Waals surface area contributed by atoms with E-state index in [-0.39, 0.29) is 5.95 Å². The summed E-state index contributed by atoms with van der Waals surface area (Å²) in [6.45, 7) is 1.07. The molecular formula is C16H17ClFI2N3. The molecule has 1 aliphatic heterocycles. The van der Waals surface area contributed by atoms with E-state index < -0.39 is 0 Å². The van der Waals surface area contributed by atoms with Crippen molar-refractivity contribution in [1.82, 2.24) is 9.97 Å². The molecule has 1 N–H and O–H groups in total. The van der Waals surface area contributed by atoms with Gasteiger partial charge in [0.2, 0.25) is 5.95 Å². The van der Waals surface area contributed by atoms with Gasteiger partial charge in [0, 0.05) is 43.1 Å². The molecule has 2 aromatic rings. The number of halogens is 4. The van der Waals surface area contributed by atoms with Crippen LogP contribution in [-0.4, -0.2) is 22.4 Å². The van der Waals surface area contributed by atoms with Gasteiger partial charge < -0.3 is 5.32 Å². The number of hydrogen-bond acceptors (Lipinski definition) is 3. The molecule has 3 nitrogen and oxygen atoms in total. The molecular weight excluding hydrogens is 542 g/mol. The SMILES string of the molecule is Fc1nccc(I)c1CCCCl.Ic1ccnc2c1CCCN2. The quantitative estimate of drug-likeness (QED) is 0.325. The Kier molecular flexibility index (Phi) is 8.25. The van der Waals surface area contributed by atoms with Gasteiger partial charge in [-0.3, -0.25) is 0 Å².